The summed E-state index contributed by atoms with van der Waals surface area (Å²) in [6, 6.07) is 4.56. The highest BCUT2D eigenvalue weighted by Crippen LogP contribution is 2.36. The van der Waals surface area contributed by atoms with Crippen molar-refractivity contribution in [2.24, 2.45) is 0 Å². The van der Waals surface area contributed by atoms with Crippen LogP contribution in [0.15, 0.2) is 16.5 Å². The third-order valence-electron chi connectivity index (χ3n) is 4.53. The molecule has 2 aromatic carbocycles. The van der Waals surface area contributed by atoms with Crippen LogP contribution in [0.4, 0.5) is 0 Å². The van der Waals surface area contributed by atoms with Crippen LogP contribution < -0.4 is 0 Å². The van der Waals surface area contributed by atoms with Crippen LogP contribution in [-0.2, 0) is 0 Å². The van der Waals surface area contributed by atoms with Gasteiger partial charge in [0.05, 0.1) is 0 Å². The maximum absolute atomic E-state index is 5.86. The zero-order valence-electron chi connectivity index (χ0n) is 12.6. The molecule has 0 aliphatic heterocycles. The summed E-state index contributed by atoms with van der Waals surface area (Å²) in [5, 5.41) is 5.36. The first-order valence-corrected chi connectivity index (χ1v) is 6.81. The summed E-state index contributed by atoms with van der Waals surface area (Å²) in [6.45, 7) is 12.9. The molecule has 3 rings (SSSR count). The zero-order chi connectivity index (χ0) is 13.9. The van der Waals surface area contributed by atoms with E-state index in [2.05, 4.69) is 53.7 Å². The van der Waals surface area contributed by atoms with Gasteiger partial charge in [0.1, 0.15) is 11.5 Å². The van der Waals surface area contributed by atoms with Crippen LogP contribution in [0.5, 0.6) is 0 Å². The molecule has 0 bridgehead atoms. The van der Waals surface area contributed by atoms with Gasteiger partial charge in [-0.25, -0.2) is 0 Å². The summed E-state index contributed by atoms with van der Waals surface area (Å²) in [5.74, 6) is 2.04. The van der Waals surface area contributed by atoms with Gasteiger partial charge in [0.25, 0.3) is 0 Å². The van der Waals surface area contributed by atoms with Gasteiger partial charge < -0.3 is 4.42 Å². The van der Waals surface area contributed by atoms with Gasteiger partial charge in [0, 0.05) is 5.39 Å². The Bertz CT molecular complexity index is 819. The van der Waals surface area contributed by atoms with Gasteiger partial charge in [-0.3, -0.25) is 0 Å². The number of rotatable bonds is 0. The van der Waals surface area contributed by atoms with E-state index in [1.165, 1.54) is 43.8 Å². The van der Waals surface area contributed by atoms with Crippen LogP contribution in [0.3, 0.4) is 0 Å². The third-order valence-corrected chi connectivity index (χ3v) is 4.53. The number of hydrogen-bond acceptors (Lipinski definition) is 1. The largest absolute Gasteiger partial charge is 0.466 e. The van der Waals surface area contributed by atoms with E-state index in [9.17, 15) is 0 Å². The Morgan fingerprint density at radius 2 is 1.37 bits per heavy atom. The Morgan fingerprint density at radius 1 is 0.684 bits per heavy atom. The molecule has 1 nitrogen and oxygen atoms in total. The highest BCUT2D eigenvalue weighted by molar-refractivity contribution is 6.06. The van der Waals surface area contributed by atoms with Crippen molar-refractivity contribution < 1.29 is 4.42 Å². The second-order valence-electron chi connectivity index (χ2n) is 5.68. The molecule has 0 spiro atoms. The molecule has 98 valence electrons. The topological polar surface area (TPSA) is 13.1 Å². The van der Waals surface area contributed by atoms with Gasteiger partial charge in [0.2, 0.25) is 0 Å². The lowest BCUT2D eigenvalue weighted by atomic mass is 9.95. The third kappa shape index (κ3) is 1.54. The molecule has 0 atom stereocenters. The number of aryl methyl sites for hydroxylation is 6. The predicted octanol–water partition coefficient (Wildman–Crippen LogP) is 5.44. The van der Waals surface area contributed by atoms with Crippen LogP contribution in [0.1, 0.15) is 33.8 Å². The van der Waals surface area contributed by atoms with Crippen molar-refractivity contribution in [3.63, 3.8) is 0 Å². The maximum Gasteiger partial charge on any atom is 0.108 e. The lowest BCUT2D eigenvalue weighted by Crippen LogP contribution is -1.91. The molecule has 0 saturated heterocycles. The van der Waals surface area contributed by atoms with Crippen LogP contribution in [0, 0.1) is 41.5 Å². The van der Waals surface area contributed by atoms with E-state index in [1.807, 2.05) is 0 Å². The summed E-state index contributed by atoms with van der Waals surface area (Å²) in [5.41, 5.74) is 5.43. The van der Waals surface area contributed by atoms with Crippen molar-refractivity contribution in [3.8, 4) is 0 Å². The minimum absolute atomic E-state index is 1.01. The average molecular weight is 252 g/mol. The van der Waals surface area contributed by atoms with Crippen molar-refractivity contribution in [3.05, 3.63) is 45.9 Å². The molecule has 0 radical (unpaired) electrons. The highest BCUT2D eigenvalue weighted by Gasteiger charge is 2.15. The molecule has 0 fully saturated rings. The average Bonchev–Trinajstić information content (AvgIpc) is 2.62. The fourth-order valence-electron chi connectivity index (χ4n) is 3.29. The fraction of sp³-hybridized carbons (Fsp3) is 0.333. The molecule has 1 heteroatoms. The van der Waals surface area contributed by atoms with Crippen molar-refractivity contribution in [1.82, 2.24) is 0 Å². The van der Waals surface area contributed by atoms with Gasteiger partial charge in [-0.05, 0) is 86.0 Å². The Hall–Kier alpha value is -1.76. The fourth-order valence-corrected chi connectivity index (χ4v) is 3.29. The van der Waals surface area contributed by atoms with Crippen LogP contribution >= 0.6 is 0 Å². The van der Waals surface area contributed by atoms with Crippen molar-refractivity contribution >= 4 is 21.5 Å². The van der Waals surface area contributed by atoms with Crippen LogP contribution in [0.2, 0.25) is 0 Å². The normalized spacial score (nSPS) is 11.7. The van der Waals surface area contributed by atoms with E-state index in [0.29, 0.717) is 0 Å². The monoisotopic (exact) mass is 252 g/mol. The molecule has 0 unspecified atom stereocenters. The molecular weight excluding hydrogens is 232 g/mol. The van der Waals surface area contributed by atoms with Gasteiger partial charge >= 0.3 is 0 Å². The number of benzene rings is 1. The van der Waals surface area contributed by atoms with Crippen LogP contribution in [-0.4, -0.2) is 0 Å². The van der Waals surface area contributed by atoms with Gasteiger partial charge in [0.15, 0.2) is 0 Å². The minimum atomic E-state index is 1.01. The molecule has 0 amide bonds. The summed E-state index contributed by atoms with van der Waals surface area (Å²) < 4.78 is 5.86. The van der Waals surface area contributed by atoms with Gasteiger partial charge in [-0.15, -0.1) is 0 Å². The Labute approximate surface area is 114 Å². The smallest absolute Gasteiger partial charge is 0.108 e. The summed E-state index contributed by atoms with van der Waals surface area (Å²) in [7, 11) is 0. The van der Waals surface area contributed by atoms with E-state index in [4.69, 9.17) is 4.42 Å². The lowest BCUT2D eigenvalue weighted by molar-refractivity contribution is 0.490. The maximum atomic E-state index is 5.86. The zero-order valence-corrected chi connectivity index (χ0v) is 12.6. The molecule has 1 heterocycles. The first-order chi connectivity index (χ1) is 8.91. The molecule has 0 N–H and O–H groups in total. The quantitative estimate of drug-likeness (QED) is 0.519. The first kappa shape index (κ1) is 12.3. The SMILES string of the molecule is Cc1cc2cc3c(C)oc(C)c(C)c3c(C)c2c1C. The Balaban J connectivity index is 2.66. The Kier molecular flexibility index (Phi) is 2.50. The second-order valence-corrected chi connectivity index (χ2v) is 5.68. The molecule has 0 aliphatic carbocycles. The predicted molar refractivity (Wildman–Crippen MR) is 82.1 cm³/mol. The van der Waals surface area contributed by atoms with Gasteiger partial charge in [-0.1, -0.05) is 6.07 Å². The minimum Gasteiger partial charge on any atom is -0.466 e. The first-order valence-electron chi connectivity index (χ1n) is 6.81. The molecule has 0 saturated carbocycles. The lowest BCUT2D eigenvalue weighted by Gasteiger charge is -2.13. The number of fused-ring (bicyclic) bond motifs is 2. The van der Waals surface area contributed by atoms with E-state index in [0.717, 1.165) is 11.5 Å². The van der Waals surface area contributed by atoms with Crippen LogP contribution in [0.25, 0.3) is 21.5 Å². The standard InChI is InChI=1S/C18H20O/c1-9-7-15-8-16-14(6)19-13(5)11(3)18(16)12(4)17(15)10(9)2/h7-8H,1-6H3. The summed E-state index contributed by atoms with van der Waals surface area (Å²) in [4.78, 5) is 0. The van der Waals surface area contributed by atoms with E-state index < -0.39 is 0 Å². The molecule has 0 aliphatic rings. The van der Waals surface area contributed by atoms with E-state index in [-0.39, 0.29) is 0 Å². The van der Waals surface area contributed by atoms with E-state index in [1.54, 1.807) is 0 Å². The van der Waals surface area contributed by atoms with Crippen molar-refractivity contribution in [2.45, 2.75) is 41.5 Å². The molecule has 3 aromatic rings. The molecule has 1 aromatic heterocycles. The highest BCUT2D eigenvalue weighted by atomic mass is 16.3. The number of hydrogen-bond donors (Lipinski definition) is 0. The molecule has 19 heavy (non-hydrogen) atoms. The summed E-state index contributed by atoms with van der Waals surface area (Å²) in [6.07, 6.45) is 0. The van der Waals surface area contributed by atoms with Gasteiger partial charge in [-0.2, -0.15) is 0 Å². The Morgan fingerprint density at radius 3 is 2.05 bits per heavy atom. The van der Waals surface area contributed by atoms with Crippen molar-refractivity contribution in [2.75, 3.05) is 0 Å². The summed E-state index contributed by atoms with van der Waals surface area (Å²) >= 11 is 0. The second kappa shape index (κ2) is 3.86. The molecular formula is C18H20O. The van der Waals surface area contributed by atoms with Crippen molar-refractivity contribution in [1.29, 1.82) is 0 Å². The van der Waals surface area contributed by atoms with E-state index >= 15 is 0 Å².